The largest absolute Gasteiger partial charge is 0.404 e. The lowest BCUT2D eigenvalue weighted by molar-refractivity contribution is 0.193. The molecule has 0 heterocycles. The van der Waals surface area contributed by atoms with Crippen LogP contribution in [0.25, 0.3) is 0 Å². The van der Waals surface area contributed by atoms with Gasteiger partial charge in [-0.05, 0) is 42.1 Å². The molecule has 0 spiro atoms. The SMILES string of the molecule is CC=CCC(CC=CC)O[Si](c1ccccc1)(c1ccccc1)C(C)(C)C. The van der Waals surface area contributed by atoms with Gasteiger partial charge >= 0.3 is 0 Å². The molecule has 0 aliphatic heterocycles. The van der Waals surface area contributed by atoms with Gasteiger partial charge in [0.15, 0.2) is 0 Å². The second kappa shape index (κ2) is 9.87. The summed E-state index contributed by atoms with van der Waals surface area (Å²) in [4.78, 5) is 0. The minimum absolute atomic E-state index is 0.0137. The van der Waals surface area contributed by atoms with Crippen molar-refractivity contribution < 1.29 is 4.43 Å². The zero-order valence-corrected chi connectivity index (χ0v) is 18.5. The van der Waals surface area contributed by atoms with E-state index in [9.17, 15) is 0 Å². The van der Waals surface area contributed by atoms with Gasteiger partial charge < -0.3 is 4.43 Å². The highest BCUT2D eigenvalue weighted by Crippen LogP contribution is 2.38. The fraction of sp³-hybridized carbons (Fsp3) is 0.360. The normalized spacial score (nSPS) is 14.1. The fourth-order valence-corrected chi connectivity index (χ4v) is 8.42. The zero-order chi connectivity index (χ0) is 19.8. The van der Waals surface area contributed by atoms with Gasteiger partial charge in [0.05, 0.1) is 6.10 Å². The molecule has 2 rings (SSSR count). The van der Waals surface area contributed by atoms with Gasteiger partial charge in [0.25, 0.3) is 8.32 Å². The van der Waals surface area contributed by atoms with Gasteiger partial charge in [0.1, 0.15) is 0 Å². The Kier molecular flexibility index (Phi) is 7.82. The molecule has 0 fully saturated rings. The van der Waals surface area contributed by atoms with Crippen molar-refractivity contribution in [1.29, 1.82) is 0 Å². The molecule has 0 atom stereocenters. The second-order valence-corrected chi connectivity index (χ2v) is 12.3. The Labute approximate surface area is 166 Å². The molecule has 144 valence electrons. The Morgan fingerprint density at radius 1 is 0.778 bits per heavy atom. The lowest BCUT2D eigenvalue weighted by atomic mass is 10.2. The first-order chi connectivity index (χ1) is 13.0. The van der Waals surface area contributed by atoms with E-state index in [0.29, 0.717) is 0 Å². The number of benzene rings is 2. The third-order valence-electron chi connectivity index (χ3n) is 5.03. The van der Waals surface area contributed by atoms with Gasteiger partial charge in [-0.25, -0.2) is 0 Å². The van der Waals surface area contributed by atoms with E-state index in [4.69, 9.17) is 4.43 Å². The maximum atomic E-state index is 7.22. The summed E-state index contributed by atoms with van der Waals surface area (Å²) in [6.07, 6.45) is 10.7. The topological polar surface area (TPSA) is 9.23 Å². The third-order valence-corrected chi connectivity index (χ3v) is 10.1. The Morgan fingerprint density at radius 3 is 1.52 bits per heavy atom. The zero-order valence-electron chi connectivity index (χ0n) is 17.5. The summed E-state index contributed by atoms with van der Waals surface area (Å²) in [6.45, 7) is 11.2. The molecule has 0 N–H and O–H groups in total. The van der Waals surface area contributed by atoms with Crippen LogP contribution < -0.4 is 10.4 Å². The highest BCUT2D eigenvalue weighted by Gasteiger charge is 2.51. The van der Waals surface area contributed by atoms with Gasteiger partial charge in [-0.15, -0.1) is 0 Å². The molecular weight excluding hydrogens is 344 g/mol. The van der Waals surface area contributed by atoms with Crippen molar-refractivity contribution in [1.82, 2.24) is 0 Å². The third kappa shape index (κ3) is 5.09. The van der Waals surface area contributed by atoms with Crippen LogP contribution in [0.5, 0.6) is 0 Å². The van der Waals surface area contributed by atoms with Crippen LogP contribution in [0.15, 0.2) is 85.0 Å². The summed E-state index contributed by atoms with van der Waals surface area (Å²) in [5.41, 5.74) is 0. The van der Waals surface area contributed by atoms with E-state index >= 15 is 0 Å². The summed E-state index contributed by atoms with van der Waals surface area (Å²) in [5, 5.41) is 2.70. The van der Waals surface area contributed by atoms with Crippen LogP contribution in [-0.4, -0.2) is 14.4 Å². The molecule has 27 heavy (non-hydrogen) atoms. The number of rotatable bonds is 8. The number of hydrogen-bond donors (Lipinski definition) is 0. The van der Waals surface area contributed by atoms with Crippen molar-refractivity contribution in [2.24, 2.45) is 0 Å². The van der Waals surface area contributed by atoms with E-state index in [2.05, 4.69) is 120 Å². The van der Waals surface area contributed by atoms with Gasteiger partial charge in [-0.3, -0.25) is 0 Å². The summed E-state index contributed by atoms with van der Waals surface area (Å²) in [7, 11) is -2.48. The molecule has 1 nitrogen and oxygen atoms in total. The van der Waals surface area contributed by atoms with E-state index in [1.54, 1.807) is 0 Å². The van der Waals surface area contributed by atoms with Crippen molar-refractivity contribution in [2.45, 2.75) is 58.6 Å². The van der Waals surface area contributed by atoms with Crippen molar-refractivity contribution in [3.8, 4) is 0 Å². The van der Waals surface area contributed by atoms with Crippen LogP contribution in [0.4, 0.5) is 0 Å². The molecule has 0 amide bonds. The molecule has 0 saturated heterocycles. The molecule has 0 aliphatic rings. The first-order valence-corrected chi connectivity index (χ1v) is 11.9. The van der Waals surface area contributed by atoms with Crippen molar-refractivity contribution >= 4 is 18.7 Å². The molecular formula is C25H34OSi. The Balaban J connectivity index is 2.63. The predicted molar refractivity (Wildman–Crippen MR) is 121 cm³/mol. The molecule has 0 aliphatic carbocycles. The van der Waals surface area contributed by atoms with Crippen LogP contribution in [0.1, 0.15) is 47.5 Å². The molecule has 0 radical (unpaired) electrons. The summed E-state index contributed by atoms with van der Waals surface area (Å²) < 4.78 is 7.22. The minimum Gasteiger partial charge on any atom is -0.404 e. The molecule has 2 aromatic carbocycles. The standard InChI is InChI=1S/C25H34OSi/c1-6-8-16-22(17-9-7-2)26-27(25(3,4)5,23-18-12-10-13-19-23)24-20-14-11-15-21-24/h6-15,18-22H,16-17H2,1-5H3. The van der Waals surface area contributed by atoms with Crippen LogP contribution in [-0.2, 0) is 4.43 Å². The quantitative estimate of drug-likeness (QED) is 0.413. The Bertz CT molecular complexity index is 672. The first-order valence-electron chi connectivity index (χ1n) is 9.97. The van der Waals surface area contributed by atoms with E-state index in [1.807, 2.05) is 0 Å². The van der Waals surface area contributed by atoms with Gasteiger partial charge in [-0.2, -0.15) is 0 Å². The van der Waals surface area contributed by atoms with Crippen LogP contribution in [0, 0.1) is 0 Å². The second-order valence-electron chi connectivity index (χ2n) is 8.01. The van der Waals surface area contributed by atoms with Crippen molar-refractivity contribution in [3.05, 3.63) is 85.0 Å². The molecule has 0 unspecified atom stereocenters. The van der Waals surface area contributed by atoms with Crippen molar-refractivity contribution in [2.75, 3.05) is 0 Å². The van der Waals surface area contributed by atoms with Crippen LogP contribution in [0.3, 0.4) is 0 Å². The average molecular weight is 379 g/mol. The van der Waals surface area contributed by atoms with E-state index in [1.165, 1.54) is 10.4 Å². The van der Waals surface area contributed by atoms with Crippen molar-refractivity contribution in [3.63, 3.8) is 0 Å². The lowest BCUT2D eigenvalue weighted by Crippen LogP contribution is -2.67. The summed E-state index contributed by atoms with van der Waals surface area (Å²) in [6, 6.07) is 21.8. The molecule has 2 aromatic rings. The summed E-state index contributed by atoms with van der Waals surface area (Å²) in [5.74, 6) is 0. The number of hydrogen-bond acceptors (Lipinski definition) is 1. The molecule has 2 heteroatoms. The van der Waals surface area contributed by atoms with Crippen LogP contribution >= 0.6 is 0 Å². The molecule has 0 aromatic heterocycles. The molecule has 0 bridgehead atoms. The van der Waals surface area contributed by atoms with Gasteiger partial charge in [0, 0.05) is 0 Å². The first kappa shape index (κ1) is 21.4. The average Bonchev–Trinajstić information content (AvgIpc) is 2.68. The summed E-state index contributed by atoms with van der Waals surface area (Å²) >= 11 is 0. The Hall–Kier alpha value is -1.90. The van der Waals surface area contributed by atoms with Crippen LogP contribution in [0.2, 0.25) is 5.04 Å². The van der Waals surface area contributed by atoms with Gasteiger partial charge in [0.2, 0.25) is 0 Å². The van der Waals surface area contributed by atoms with Gasteiger partial charge in [-0.1, -0.05) is 106 Å². The van der Waals surface area contributed by atoms with E-state index in [0.717, 1.165) is 12.8 Å². The highest BCUT2D eigenvalue weighted by molar-refractivity contribution is 6.99. The molecule has 0 saturated carbocycles. The Morgan fingerprint density at radius 2 is 1.19 bits per heavy atom. The number of allylic oxidation sites excluding steroid dienone is 2. The smallest absolute Gasteiger partial charge is 0.261 e. The fourth-order valence-electron chi connectivity index (χ4n) is 3.71. The highest BCUT2D eigenvalue weighted by atomic mass is 28.4. The lowest BCUT2D eigenvalue weighted by Gasteiger charge is -2.45. The van der Waals surface area contributed by atoms with E-state index in [-0.39, 0.29) is 11.1 Å². The monoisotopic (exact) mass is 378 g/mol. The maximum absolute atomic E-state index is 7.22. The predicted octanol–water partition coefficient (Wildman–Crippen LogP) is 5.86. The maximum Gasteiger partial charge on any atom is 0.261 e. The van der Waals surface area contributed by atoms with E-state index < -0.39 is 8.32 Å². The minimum atomic E-state index is -2.48.